The molecule has 1 saturated heterocycles. The fraction of sp³-hybridized carbons (Fsp3) is 0.579. The van der Waals surface area contributed by atoms with Gasteiger partial charge >= 0.3 is 0 Å². The van der Waals surface area contributed by atoms with Gasteiger partial charge in [-0.15, -0.1) is 0 Å². The number of aromatic nitrogens is 2. The van der Waals surface area contributed by atoms with Gasteiger partial charge in [0.1, 0.15) is 5.82 Å². The van der Waals surface area contributed by atoms with Crippen molar-refractivity contribution in [3.8, 4) is 0 Å². The van der Waals surface area contributed by atoms with Gasteiger partial charge in [0.25, 0.3) is 5.89 Å². The summed E-state index contributed by atoms with van der Waals surface area (Å²) in [7, 11) is 1.51. The van der Waals surface area contributed by atoms with Gasteiger partial charge in [0.15, 0.2) is 11.4 Å². The van der Waals surface area contributed by atoms with Gasteiger partial charge in [-0.05, 0) is 24.8 Å². The highest BCUT2D eigenvalue weighted by molar-refractivity contribution is 5.29. The van der Waals surface area contributed by atoms with E-state index in [2.05, 4.69) is 30.9 Å². The molecular formula is C19H25FN2O3. The minimum Gasteiger partial charge on any atom is -0.377 e. The second kappa shape index (κ2) is 6.50. The van der Waals surface area contributed by atoms with Crippen LogP contribution in [0.25, 0.3) is 0 Å². The fourth-order valence-corrected chi connectivity index (χ4v) is 3.45. The third kappa shape index (κ3) is 3.20. The van der Waals surface area contributed by atoms with Crippen molar-refractivity contribution < 1.29 is 18.4 Å². The minimum atomic E-state index is -1.15. The van der Waals surface area contributed by atoms with Gasteiger partial charge in [0.2, 0.25) is 0 Å². The average molecular weight is 348 g/mol. The number of benzene rings is 1. The molecular weight excluding hydrogens is 323 g/mol. The van der Waals surface area contributed by atoms with E-state index in [0.29, 0.717) is 18.0 Å². The standard InChI is InChI=1S/C19H25FN2O3/c1-18(2,3)15-12(10-11-24-15)16-21-17(25-22-16)19(4,23-5)13-8-6-7-9-14(13)20/h6-9,12,15H,10-11H2,1-5H3/t12-,15-,19?/m1/s1. The van der Waals surface area contributed by atoms with Gasteiger partial charge in [-0.25, -0.2) is 4.39 Å². The Kier molecular flexibility index (Phi) is 4.68. The van der Waals surface area contributed by atoms with Crippen molar-refractivity contribution in [1.82, 2.24) is 10.1 Å². The number of methoxy groups -OCH3 is 1. The molecule has 3 rings (SSSR count). The molecule has 1 fully saturated rings. The van der Waals surface area contributed by atoms with Crippen LogP contribution >= 0.6 is 0 Å². The van der Waals surface area contributed by atoms with Gasteiger partial charge in [0, 0.05) is 19.3 Å². The molecule has 136 valence electrons. The molecule has 25 heavy (non-hydrogen) atoms. The molecule has 0 amide bonds. The molecule has 5 nitrogen and oxygen atoms in total. The lowest BCUT2D eigenvalue weighted by Crippen LogP contribution is -2.31. The summed E-state index contributed by atoms with van der Waals surface area (Å²) in [5.41, 5.74) is -0.812. The lowest BCUT2D eigenvalue weighted by molar-refractivity contribution is 0.00849. The summed E-state index contributed by atoms with van der Waals surface area (Å²) in [4.78, 5) is 4.57. The van der Waals surface area contributed by atoms with Crippen LogP contribution in [0.2, 0.25) is 0 Å². The van der Waals surface area contributed by atoms with E-state index in [9.17, 15) is 4.39 Å². The fourth-order valence-electron chi connectivity index (χ4n) is 3.45. The van der Waals surface area contributed by atoms with Crippen LogP contribution in [0.5, 0.6) is 0 Å². The Balaban J connectivity index is 1.96. The topological polar surface area (TPSA) is 57.4 Å². The third-order valence-electron chi connectivity index (χ3n) is 4.92. The third-order valence-corrected chi connectivity index (χ3v) is 4.92. The van der Waals surface area contributed by atoms with E-state index in [4.69, 9.17) is 14.0 Å². The van der Waals surface area contributed by atoms with Crippen LogP contribution in [0.1, 0.15) is 57.3 Å². The van der Waals surface area contributed by atoms with Crippen LogP contribution < -0.4 is 0 Å². The average Bonchev–Trinajstić information content (AvgIpc) is 3.23. The maximum atomic E-state index is 14.3. The maximum absolute atomic E-state index is 14.3. The Morgan fingerprint density at radius 3 is 2.56 bits per heavy atom. The highest BCUT2D eigenvalue weighted by atomic mass is 19.1. The van der Waals surface area contributed by atoms with Gasteiger partial charge in [-0.3, -0.25) is 0 Å². The summed E-state index contributed by atoms with van der Waals surface area (Å²) in [6.07, 6.45) is 0.852. The number of halogens is 1. The van der Waals surface area contributed by atoms with E-state index in [1.807, 2.05) is 0 Å². The zero-order chi connectivity index (χ0) is 18.2. The molecule has 3 atom stereocenters. The summed E-state index contributed by atoms with van der Waals surface area (Å²) in [6, 6.07) is 6.45. The summed E-state index contributed by atoms with van der Waals surface area (Å²) in [5, 5.41) is 4.16. The highest BCUT2D eigenvalue weighted by Gasteiger charge is 2.43. The monoisotopic (exact) mass is 348 g/mol. The van der Waals surface area contributed by atoms with Gasteiger partial charge in [-0.1, -0.05) is 44.1 Å². The number of rotatable bonds is 4. The van der Waals surface area contributed by atoms with Crippen LogP contribution in [0.15, 0.2) is 28.8 Å². The first-order chi connectivity index (χ1) is 11.8. The SMILES string of the molecule is COC(C)(c1nc([C@@H]2CCO[C@H]2C(C)(C)C)no1)c1ccccc1F. The largest absolute Gasteiger partial charge is 0.377 e. The van der Waals surface area contributed by atoms with Gasteiger partial charge in [0.05, 0.1) is 12.0 Å². The van der Waals surface area contributed by atoms with Crippen molar-refractivity contribution >= 4 is 0 Å². The first-order valence-electron chi connectivity index (χ1n) is 8.53. The molecule has 2 heterocycles. The van der Waals surface area contributed by atoms with E-state index in [1.165, 1.54) is 13.2 Å². The van der Waals surface area contributed by atoms with E-state index in [1.54, 1.807) is 25.1 Å². The van der Waals surface area contributed by atoms with Crippen LogP contribution in [0.4, 0.5) is 4.39 Å². The van der Waals surface area contributed by atoms with Gasteiger partial charge in [-0.2, -0.15) is 4.98 Å². The van der Waals surface area contributed by atoms with Crippen molar-refractivity contribution in [1.29, 1.82) is 0 Å². The maximum Gasteiger partial charge on any atom is 0.263 e. The molecule has 2 aromatic rings. The first kappa shape index (κ1) is 18.0. The van der Waals surface area contributed by atoms with Crippen LogP contribution in [0, 0.1) is 11.2 Å². The van der Waals surface area contributed by atoms with Gasteiger partial charge < -0.3 is 14.0 Å². The van der Waals surface area contributed by atoms with Crippen molar-refractivity contribution in [2.45, 2.75) is 51.7 Å². The number of ether oxygens (including phenoxy) is 2. The molecule has 1 unspecified atom stereocenters. The van der Waals surface area contributed by atoms with Crippen molar-refractivity contribution in [2.24, 2.45) is 5.41 Å². The van der Waals surface area contributed by atoms with E-state index in [0.717, 1.165) is 6.42 Å². The Bertz CT molecular complexity index is 740. The minimum absolute atomic E-state index is 0.0141. The molecule has 0 aliphatic carbocycles. The van der Waals surface area contributed by atoms with Crippen molar-refractivity contribution in [3.63, 3.8) is 0 Å². The highest BCUT2D eigenvalue weighted by Crippen LogP contribution is 2.41. The number of hydrogen-bond acceptors (Lipinski definition) is 5. The van der Waals surface area contributed by atoms with Crippen molar-refractivity contribution in [2.75, 3.05) is 13.7 Å². The van der Waals surface area contributed by atoms with Crippen LogP contribution in [-0.4, -0.2) is 30.0 Å². The van der Waals surface area contributed by atoms with Crippen molar-refractivity contribution in [3.05, 3.63) is 47.4 Å². The normalized spacial score (nSPS) is 23.6. The van der Waals surface area contributed by atoms with E-state index >= 15 is 0 Å². The zero-order valence-corrected chi connectivity index (χ0v) is 15.4. The predicted octanol–water partition coefficient (Wildman–Crippen LogP) is 4.04. The molecule has 0 saturated carbocycles. The Hall–Kier alpha value is -1.79. The molecule has 1 aromatic heterocycles. The summed E-state index contributed by atoms with van der Waals surface area (Å²) in [5.74, 6) is 0.518. The smallest absolute Gasteiger partial charge is 0.263 e. The Labute approximate surface area is 147 Å². The second-order valence-corrected chi connectivity index (χ2v) is 7.73. The Morgan fingerprint density at radius 2 is 1.92 bits per heavy atom. The number of nitrogens with zero attached hydrogens (tertiary/aromatic N) is 2. The lowest BCUT2D eigenvalue weighted by atomic mass is 9.81. The number of hydrogen-bond donors (Lipinski definition) is 0. The van der Waals surface area contributed by atoms with Crippen LogP contribution in [-0.2, 0) is 15.1 Å². The molecule has 0 radical (unpaired) electrons. The van der Waals surface area contributed by atoms with E-state index in [-0.39, 0.29) is 29.1 Å². The summed E-state index contributed by atoms with van der Waals surface area (Å²) >= 11 is 0. The summed E-state index contributed by atoms with van der Waals surface area (Å²) < 4.78 is 31.3. The molecule has 1 aliphatic heterocycles. The molecule has 0 spiro atoms. The molecule has 0 bridgehead atoms. The predicted molar refractivity (Wildman–Crippen MR) is 90.7 cm³/mol. The summed E-state index contributed by atoms with van der Waals surface area (Å²) in [6.45, 7) is 8.81. The zero-order valence-electron chi connectivity index (χ0n) is 15.4. The van der Waals surface area contributed by atoms with Crippen LogP contribution in [0.3, 0.4) is 0 Å². The Morgan fingerprint density at radius 1 is 1.20 bits per heavy atom. The molecule has 1 aliphatic rings. The second-order valence-electron chi connectivity index (χ2n) is 7.73. The quantitative estimate of drug-likeness (QED) is 0.835. The molecule has 6 heteroatoms. The lowest BCUT2D eigenvalue weighted by Gasteiger charge is -2.29. The first-order valence-corrected chi connectivity index (χ1v) is 8.53. The molecule has 0 N–H and O–H groups in total. The van der Waals surface area contributed by atoms with E-state index < -0.39 is 5.60 Å². The molecule has 1 aromatic carbocycles.